The highest BCUT2D eigenvalue weighted by Gasteiger charge is 2.52. The van der Waals surface area contributed by atoms with Crippen molar-refractivity contribution >= 4 is 31.6 Å². The van der Waals surface area contributed by atoms with Crippen LogP contribution in [0.2, 0.25) is 0 Å². The van der Waals surface area contributed by atoms with E-state index in [-0.39, 0.29) is 17.0 Å². The smallest absolute Gasteiger partial charge is 0.400 e. The van der Waals surface area contributed by atoms with Gasteiger partial charge in [-0.05, 0) is 50.7 Å². The molecule has 0 aromatic heterocycles. The summed E-state index contributed by atoms with van der Waals surface area (Å²) in [7, 11) is -0.398. The first kappa shape index (κ1) is 16.8. The molecule has 0 spiro atoms. The van der Waals surface area contributed by atoms with Gasteiger partial charge in [0.05, 0.1) is 11.2 Å². The SMILES string of the molecule is CC1(C)OB(C(=Cc2cccc3c2CCC3=O)CS)OC1(C)C. The Morgan fingerprint density at radius 1 is 1.22 bits per heavy atom. The average Bonchev–Trinajstić information content (AvgIpc) is 2.95. The van der Waals surface area contributed by atoms with Crippen LogP contribution in [0.3, 0.4) is 0 Å². The van der Waals surface area contributed by atoms with Crippen molar-refractivity contribution in [3.63, 3.8) is 0 Å². The number of hydrogen-bond donors (Lipinski definition) is 1. The van der Waals surface area contributed by atoms with Gasteiger partial charge in [-0.1, -0.05) is 24.3 Å². The Morgan fingerprint density at radius 3 is 2.48 bits per heavy atom. The lowest BCUT2D eigenvalue weighted by Crippen LogP contribution is -2.41. The molecule has 1 aromatic carbocycles. The second-order valence-electron chi connectivity index (χ2n) is 7.26. The Kier molecular flexibility index (Phi) is 4.24. The summed E-state index contributed by atoms with van der Waals surface area (Å²) >= 11 is 4.46. The van der Waals surface area contributed by atoms with E-state index < -0.39 is 7.12 Å². The van der Waals surface area contributed by atoms with Crippen LogP contribution in [0.15, 0.2) is 23.7 Å². The summed E-state index contributed by atoms with van der Waals surface area (Å²) in [5.41, 5.74) is 3.31. The van der Waals surface area contributed by atoms with Gasteiger partial charge in [-0.25, -0.2) is 0 Å². The number of ketones is 1. The summed E-state index contributed by atoms with van der Waals surface area (Å²) in [6, 6.07) is 5.90. The molecule has 0 bridgehead atoms. The molecule has 1 heterocycles. The Bertz CT molecular complexity index is 663. The van der Waals surface area contributed by atoms with E-state index in [1.54, 1.807) is 0 Å². The Hall–Kier alpha value is -1.04. The third kappa shape index (κ3) is 2.90. The summed E-state index contributed by atoms with van der Waals surface area (Å²) < 4.78 is 12.2. The van der Waals surface area contributed by atoms with Crippen molar-refractivity contribution in [2.75, 3.05) is 5.75 Å². The summed E-state index contributed by atoms with van der Waals surface area (Å²) in [4.78, 5) is 11.9. The molecule has 0 radical (unpaired) electrons. The number of benzene rings is 1. The van der Waals surface area contributed by atoms with Gasteiger partial charge in [0.15, 0.2) is 5.78 Å². The topological polar surface area (TPSA) is 35.5 Å². The lowest BCUT2D eigenvalue weighted by atomic mass is 9.78. The highest BCUT2D eigenvalue weighted by Crippen LogP contribution is 2.39. The van der Waals surface area contributed by atoms with E-state index >= 15 is 0 Å². The lowest BCUT2D eigenvalue weighted by Gasteiger charge is -2.32. The first-order chi connectivity index (χ1) is 10.7. The monoisotopic (exact) mass is 330 g/mol. The van der Waals surface area contributed by atoms with E-state index in [2.05, 4.69) is 18.7 Å². The fourth-order valence-electron chi connectivity index (χ4n) is 3.04. The lowest BCUT2D eigenvalue weighted by molar-refractivity contribution is 0.00578. The zero-order chi connectivity index (χ0) is 16.8. The molecule has 1 saturated heterocycles. The largest absolute Gasteiger partial charge is 0.491 e. The minimum absolute atomic E-state index is 0.235. The number of Topliss-reactive ketones (excluding diaryl/α,β-unsaturated/α-hetero) is 1. The van der Waals surface area contributed by atoms with Crippen LogP contribution >= 0.6 is 12.6 Å². The van der Waals surface area contributed by atoms with Gasteiger partial charge in [-0.2, -0.15) is 12.6 Å². The van der Waals surface area contributed by atoms with Gasteiger partial charge in [-0.3, -0.25) is 4.79 Å². The van der Waals surface area contributed by atoms with Gasteiger partial charge in [-0.15, -0.1) is 0 Å². The first-order valence-electron chi connectivity index (χ1n) is 8.07. The number of carbonyl (C=O) groups is 1. The Balaban J connectivity index is 1.94. The molecule has 3 nitrogen and oxygen atoms in total. The second kappa shape index (κ2) is 5.80. The summed E-state index contributed by atoms with van der Waals surface area (Å²) in [5, 5.41) is 0. The zero-order valence-corrected chi connectivity index (χ0v) is 15.1. The van der Waals surface area contributed by atoms with Gasteiger partial charge >= 0.3 is 7.12 Å². The summed E-state index contributed by atoms with van der Waals surface area (Å²) in [5.74, 6) is 0.785. The van der Waals surface area contributed by atoms with Crippen molar-refractivity contribution in [1.82, 2.24) is 0 Å². The van der Waals surface area contributed by atoms with Crippen molar-refractivity contribution in [3.05, 3.63) is 40.4 Å². The predicted molar refractivity (Wildman–Crippen MR) is 97.0 cm³/mol. The number of fused-ring (bicyclic) bond motifs is 1. The number of carbonyl (C=O) groups excluding carboxylic acids is 1. The third-order valence-electron chi connectivity index (χ3n) is 5.19. The molecule has 0 unspecified atom stereocenters. The Morgan fingerprint density at radius 2 is 1.87 bits per heavy atom. The van der Waals surface area contributed by atoms with Gasteiger partial charge in [0, 0.05) is 17.7 Å². The van der Waals surface area contributed by atoms with Gasteiger partial charge in [0.25, 0.3) is 0 Å². The van der Waals surface area contributed by atoms with Crippen molar-refractivity contribution in [2.45, 2.75) is 51.7 Å². The van der Waals surface area contributed by atoms with Crippen LogP contribution in [-0.2, 0) is 15.7 Å². The molecular weight excluding hydrogens is 307 g/mol. The van der Waals surface area contributed by atoms with Crippen LogP contribution in [0, 0.1) is 0 Å². The predicted octanol–water partition coefficient (Wildman–Crippen LogP) is 3.76. The van der Waals surface area contributed by atoms with Crippen LogP contribution in [0.25, 0.3) is 6.08 Å². The maximum Gasteiger partial charge on any atom is 0.491 e. The molecule has 2 aliphatic rings. The van der Waals surface area contributed by atoms with Crippen molar-refractivity contribution in [3.8, 4) is 0 Å². The molecule has 122 valence electrons. The molecule has 1 aliphatic heterocycles. The summed E-state index contributed by atoms with van der Waals surface area (Å²) in [6.07, 6.45) is 3.49. The molecule has 0 saturated carbocycles. The van der Waals surface area contributed by atoms with E-state index in [1.165, 1.54) is 0 Å². The van der Waals surface area contributed by atoms with Crippen LogP contribution in [0.1, 0.15) is 55.6 Å². The molecule has 0 amide bonds. The Labute approximate surface area is 144 Å². The van der Waals surface area contributed by atoms with Crippen molar-refractivity contribution < 1.29 is 14.1 Å². The second-order valence-corrected chi connectivity index (χ2v) is 7.58. The molecule has 1 aliphatic carbocycles. The molecule has 1 aromatic rings. The van der Waals surface area contributed by atoms with Gasteiger partial charge in [0.2, 0.25) is 0 Å². The minimum atomic E-state index is -0.398. The summed E-state index contributed by atoms with van der Waals surface area (Å²) in [6.45, 7) is 8.17. The van der Waals surface area contributed by atoms with Crippen LogP contribution in [0.4, 0.5) is 0 Å². The maximum absolute atomic E-state index is 11.9. The fraction of sp³-hybridized carbons (Fsp3) is 0.500. The van der Waals surface area contributed by atoms with E-state index in [1.807, 2.05) is 45.9 Å². The molecule has 1 fully saturated rings. The number of thiol groups is 1. The standard InChI is InChI=1S/C18H23BO3S/c1-17(2)18(3,4)22-19(21-17)13(11-23)10-12-6-5-7-15-14(12)8-9-16(15)20/h5-7,10,23H,8-9,11H2,1-4H3. The molecule has 5 heteroatoms. The minimum Gasteiger partial charge on any atom is -0.400 e. The molecular formula is C18H23BO3S. The maximum atomic E-state index is 11.9. The quantitative estimate of drug-likeness (QED) is 0.677. The molecule has 3 rings (SSSR count). The normalized spacial score (nSPS) is 22.6. The first-order valence-corrected chi connectivity index (χ1v) is 8.70. The van der Waals surface area contributed by atoms with E-state index in [4.69, 9.17) is 9.31 Å². The molecule has 0 N–H and O–H groups in total. The van der Waals surface area contributed by atoms with Crippen LogP contribution in [0.5, 0.6) is 0 Å². The van der Waals surface area contributed by atoms with Crippen molar-refractivity contribution in [2.24, 2.45) is 0 Å². The third-order valence-corrected chi connectivity index (χ3v) is 5.56. The highest BCUT2D eigenvalue weighted by atomic mass is 32.1. The van der Waals surface area contributed by atoms with Gasteiger partial charge < -0.3 is 9.31 Å². The van der Waals surface area contributed by atoms with Crippen LogP contribution < -0.4 is 0 Å². The zero-order valence-electron chi connectivity index (χ0n) is 14.2. The molecule has 23 heavy (non-hydrogen) atoms. The van der Waals surface area contributed by atoms with Gasteiger partial charge in [0.1, 0.15) is 0 Å². The number of hydrogen-bond acceptors (Lipinski definition) is 4. The van der Waals surface area contributed by atoms with E-state index in [0.717, 1.165) is 28.6 Å². The molecule has 0 atom stereocenters. The van der Waals surface area contributed by atoms with E-state index in [0.29, 0.717) is 12.2 Å². The average molecular weight is 330 g/mol. The number of rotatable bonds is 3. The fourth-order valence-corrected chi connectivity index (χ4v) is 3.28. The van der Waals surface area contributed by atoms with Crippen LogP contribution in [-0.4, -0.2) is 29.9 Å². The highest BCUT2D eigenvalue weighted by molar-refractivity contribution is 7.80. The van der Waals surface area contributed by atoms with Crippen molar-refractivity contribution in [1.29, 1.82) is 0 Å². The van der Waals surface area contributed by atoms with E-state index in [9.17, 15) is 4.79 Å².